The second kappa shape index (κ2) is 6.54. The van der Waals surface area contributed by atoms with Crippen LogP contribution in [0.5, 0.6) is 0 Å². The molecule has 3 unspecified atom stereocenters. The van der Waals surface area contributed by atoms with E-state index in [0.29, 0.717) is 12.8 Å². The van der Waals surface area contributed by atoms with Gasteiger partial charge in [-0.3, -0.25) is 9.59 Å². The number of aliphatic carboxylic acids is 2. The van der Waals surface area contributed by atoms with E-state index in [1.165, 1.54) is 0 Å². The molecule has 1 amide bonds. The summed E-state index contributed by atoms with van der Waals surface area (Å²) in [4.78, 5) is 34.3. The van der Waals surface area contributed by atoms with Crippen LogP contribution in [0.3, 0.4) is 0 Å². The standard InChI is InChI=1S/C13H21NO5/c1-7(2)10(13(18)19)14-11(15)8-5-3-4-6-9(8)12(16)17/h7-10H,3-6H2,1-2H3,(H,14,15)(H,16,17)(H,18,19). The predicted molar refractivity (Wildman–Crippen MR) is 67.5 cm³/mol. The highest BCUT2D eigenvalue weighted by molar-refractivity contribution is 5.88. The van der Waals surface area contributed by atoms with Gasteiger partial charge in [0.05, 0.1) is 11.8 Å². The second-order valence-electron chi connectivity index (χ2n) is 5.40. The number of carboxylic acid groups (broad SMARTS) is 2. The van der Waals surface area contributed by atoms with Crippen molar-refractivity contribution in [1.82, 2.24) is 5.32 Å². The van der Waals surface area contributed by atoms with Gasteiger partial charge in [0.25, 0.3) is 0 Å². The van der Waals surface area contributed by atoms with Gasteiger partial charge in [0.2, 0.25) is 5.91 Å². The number of rotatable bonds is 5. The molecule has 6 heteroatoms. The second-order valence-corrected chi connectivity index (χ2v) is 5.40. The van der Waals surface area contributed by atoms with Gasteiger partial charge >= 0.3 is 11.9 Å². The normalized spacial score (nSPS) is 24.8. The number of hydrogen-bond donors (Lipinski definition) is 3. The maximum absolute atomic E-state index is 12.1. The molecule has 1 aliphatic rings. The summed E-state index contributed by atoms with van der Waals surface area (Å²) in [5.41, 5.74) is 0. The minimum atomic E-state index is -1.09. The number of nitrogens with one attached hydrogen (secondary N) is 1. The molecule has 0 bridgehead atoms. The first-order valence-electron chi connectivity index (χ1n) is 6.60. The van der Waals surface area contributed by atoms with Gasteiger partial charge in [-0.05, 0) is 18.8 Å². The Morgan fingerprint density at radius 2 is 1.58 bits per heavy atom. The number of amides is 1. The van der Waals surface area contributed by atoms with Gasteiger partial charge in [-0.25, -0.2) is 4.79 Å². The Balaban J connectivity index is 2.74. The lowest BCUT2D eigenvalue weighted by Gasteiger charge is -2.29. The summed E-state index contributed by atoms with van der Waals surface area (Å²) in [5.74, 6) is -4.08. The van der Waals surface area contributed by atoms with Crippen LogP contribution in [0.15, 0.2) is 0 Å². The van der Waals surface area contributed by atoms with E-state index in [1.807, 2.05) is 0 Å². The zero-order chi connectivity index (χ0) is 14.6. The van der Waals surface area contributed by atoms with Gasteiger partial charge in [0.15, 0.2) is 0 Å². The number of carbonyl (C=O) groups is 3. The summed E-state index contributed by atoms with van der Waals surface area (Å²) in [5, 5.41) is 20.6. The Kier molecular flexibility index (Phi) is 5.32. The smallest absolute Gasteiger partial charge is 0.326 e. The van der Waals surface area contributed by atoms with Crippen LogP contribution in [-0.2, 0) is 14.4 Å². The average molecular weight is 271 g/mol. The Bertz CT molecular complexity index is 366. The molecule has 1 saturated carbocycles. The van der Waals surface area contributed by atoms with Crippen molar-refractivity contribution in [3.8, 4) is 0 Å². The molecule has 108 valence electrons. The van der Waals surface area contributed by atoms with Crippen molar-refractivity contribution in [3.05, 3.63) is 0 Å². The average Bonchev–Trinajstić information content (AvgIpc) is 2.34. The van der Waals surface area contributed by atoms with Gasteiger partial charge in [-0.1, -0.05) is 26.7 Å². The molecular weight excluding hydrogens is 250 g/mol. The van der Waals surface area contributed by atoms with E-state index in [2.05, 4.69) is 5.32 Å². The van der Waals surface area contributed by atoms with Crippen molar-refractivity contribution in [1.29, 1.82) is 0 Å². The first-order chi connectivity index (χ1) is 8.84. The minimum Gasteiger partial charge on any atom is -0.481 e. The molecule has 1 rings (SSSR count). The summed E-state index contributed by atoms with van der Waals surface area (Å²) in [6, 6.07) is -0.969. The zero-order valence-electron chi connectivity index (χ0n) is 11.3. The number of hydrogen-bond acceptors (Lipinski definition) is 3. The third-order valence-electron chi connectivity index (χ3n) is 3.65. The van der Waals surface area contributed by atoms with Crippen LogP contribution in [0.25, 0.3) is 0 Å². The molecule has 0 aromatic heterocycles. The van der Waals surface area contributed by atoms with Crippen molar-refractivity contribution in [2.24, 2.45) is 17.8 Å². The summed E-state index contributed by atoms with van der Waals surface area (Å²) in [6.45, 7) is 3.41. The molecule has 0 heterocycles. The van der Waals surface area contributed by atoms with Gasteiger partial charge in [-0.15, -0.1) is 0 Å². The lowest BCUT2D eigenvalue weighted by atomic mass is 9.78. The van der Waals surface area contributed by atoms with E-state index in [1.54, 1.807) is 13.8 Å². The van der Waals surface area contributed by atoms with E-state index in [-0.39, 0.29) is 5.92 Å². The van der Waals surface area contributed by atoms with Crippen molar-refractivity contribution in [3.63, 3.8) is 0 Å². The highest BCUT2D eigenvalue weighted by Crippen LogP contribution is 2.30. The molecule has 0 saturated heterocycles. The highest BCUT2D eigenvalue weighted by atomic mass is 16.4. The molecule has 0 aromatic carbocycles. The monoisotopic (exact) mass is 271 g/mol. The SMILES string of the molecule is CC(C)C(NC(=O)C1CCCCC1C(=O)O)C(=O)O. The first kappa shape index (κ1) is 15.5. The maximum Gasteiger partial charge on any atom is 0.326 e. The molecule has 0 radical (unpaired) electrons. The third-order valence-corrected chi connectivity index (χ3v) is 3.65. The van der Waals surface area contributed by atoms with Crippen LogP contribution in [0.1, 0.15) is 39.5 Å². The molecule has 0 aliphatic heterocycles. The van der Waals surface area contributed by atoms with Crippen LogP contribution in [0.4, 0.5) is 0 Å². The molecule has 0 aromatic rings. The van der Waals surface area contributed by atoms with Crippen LogP contribution >= 0.6 is 0 Å². The molecule has 0 spiro atoms. The van der Waals surface area contributed by atoms with E-state index < -0.39 is 35.7 Å². The van der Waals surface area contributed by atoms with Crippen LogP contribution in [0.2, 0.25) is 0 Å². The van der Waals surface area contributed by atoms with Gasteiger partial charge in [-0.2, -0.15) is 0 Å². The maximum atomic E-state index is 12.1. The first-order valence-corrected chi connectivity index (χ1v) is 6.60. The van der Waals surface area contributed by atoms with Crippen LogP contribution in [0, 0.1) is 17.8 Å². The highest BCUT2D eigenvalue weighted by Gasteiger charge is 2.37. The number of carbonyl (C=O) groups excluding carboxylic acids is 1. The predicted octanol–water partition coefficient (Wildman–Crippen LogP) is 1.10. The van der Waals surface area contributed by atoms with E-state index in [9.17, 15) is 14.4 Å². The molecule has 3 atom stereocenters. The van der Waals surface area contributed by atoms with Crippen molar-refractivity contribution in [2.75, 3.05) is 0 Å². The molecule has 1 fully saturated rings. The fourth-order valence-electron chi connectivity index (χ4n) is 2.51. The summed E-state index contributed by atoms with van der Waals surface area (Å²) >= 11 is 0. The minimum absolute atomic E-state index is 0.242. The molecule has 6 nitrogen and oxygen atoms in total. The van der Waals surface area contributed by atoms with Crippen LogP contribution < -0.4 is 5.32 Å². The molecule has 19 heavy (non-hydrogen) atoms. The molecule has 1 aliphatic carbocycles. The summed E-state index contributed by atoms with van der Waals surface area (Å²) in [6.07, 6.45) is 2.59. The Hall–Kier alpha value is -1.59. The largest absolute Gasteiger partial charge is 0.481 e. The lowest BCUT2D eigenvalue weighted by Crippen LogP contribution is -2.49. The molecule has 3 N–H and O–H groups in total. The van der Waals surface area contributed by atoms with Crippen molar-refractivity contribution in [2.45, 2.75) is 45.6 Å². The van der Waals surface area contributed by atoms with Gasteiger partial charge in [0, 0.05) is 0 Å². The fourth-order valence-corrected chi connectivity index (χ4v) is 2.51. The van der Waals surface area contributed by atoms with E-state index in [0.717, 1.165) is 12.8 Å². The Labute approximate surface area is 112 Å². The van der Waals surface area contributed by atoms with Gasteiger partial charge in [0.1, 0.15) is 6.04 Å². The Morgan fingerprint density at radius 1 is 1.05 bits per heavy atom. The third kappa shape index (κ3) is 3.94. The Morgan fingerprint density at radius 3 is 2.00 bits per heavy atom. The molecular formula is C13H21NO5. The van der Waals surface area contributed by atoms with E-state index in [4.69, 9.17) is 10.2 Å². The van der Waals surface area contributed by atoms with Crippen molar-refractivity contribution >= 4 is 17.8 Å². The van der Waals surface area contributed by atoms with Crippen molar-refractivity contribution < 1.29 is 24.6 Å². The van der Waals surface area contributed by atoms with Crippen LogP contribution in [-0.4, -0.2) is 34.1 Å². The summed E-state index contributed by atoms with van der Waals surface area (Å²) in [7, 11) is 0. The number of carboxylic acids is 2. The zero-order valence-corrected chi connectivity index (χ0v) is 11.3. The summed E-state index contributed by atoms with van der Waals surface area (Å²) < 4.78 is 0. The van der Waals surface area contributed by atoms with Gasteiger partial charge < -0.3 is 15.5 Å². The quantitative estimate of drug-likeness (QED) is 0.694. The lowest BCUT2D eigenvalue weighted by molar-refractivity contribution is -0.150. The van der Waals surface area contributed by atoms with E-state index >= 15 is 0 Å². The fraction of sp³-hybridized carbons (Fsp3) is 0.769. The topological polar surface area (TPSA) is 104 Å².